The fourth-order valence-corrected chi connectivity index (χ4v) is 1.95. The van der Waals surface area contributed by atoms with Gasteiger partial charge in [-0.25, -0.2) is 9.67 Å². The highest BCUT2D eigenvalue weighted by molar-refractivity contribution is 5.66. The van der Waals surface area contributed by atoms with Crippen molar-refractivity contribution in [3.8, 4) is 0 Å². The molecule has 0 aliphatic heterocycles. The van der Waals surface area contributed by atoms with Crippen LogP contribution in [-0.2, 0) is 11.3 Å². The van der Waals surface area contributed by atoms with Gasteiger partial charge in [-0.3, -0.25) is 9.69 Å². The van der Waals surface area contributed by atoms with E-state index in [9.17, 15) is 4.79 Å². The van der Waals surface area contributed by atoms with Gasteiger partial charge in [-0.15, -0.1) is 0 Å². The van der Waals surface area contributed by atoms with E-state index in [1.807, 2.05) is 4.68 Å². The minimum atomic E-state index is -0.742. The molecule has 0 saturated heterocycles. The molecule has 0 aromatic carbocycles. The summed E-state index contributed by atoms with van der Waals surface area (Å²) in [5.74, 6) is 0.188. The molecule has 6 heteroatoms. The molecule has 0 saturated carbocycles. The fraction of sp³-hybridized carbons (Fsp3) is 0.769. The van der Waals surface area contributed by atoms with Gasteiger partial charge in [0.25, 0.3) is 0 Å². The van der Waals surface area contributed by atoms with Crippen LogP contribution in [0.4, 0.5) is 0 Å². The Morgan fingerprint density at radius 2 is 2.11 bits per heavy atom. The van der Waals surface area contributed by atoms with E-state index in [0.717, 1.165) is 12.4 Å². The Kier molecular flexibility index (Phi) is 5.95. The molecule has 0 atom stereocenters. The Morgan fingerprint density at radius 1 is 1.42 bits per heavy atom. The zero-order valence-corrected chi connectivity index (χ0v) is 12.2. The standard InChI is InChI=1S/C13H24N4O2/c1-10(2)16(7-5-6-13(18)19)8-12-14-9-15-17(12)11(3)4/h9-11H,5-8H2,1-4H3,(H,18,19). The molecule has 1 heterocycles. The van der Waals surface area contributed by atoms with E-state index in [-0.39, 0.29) is 12.5 Å². The maximum absolute atomic E-state index is 10.6. The largest absolute Gasteiger partial charge is 0.481 e. The van der Waals surface area contributed by atoms with Crippen LogP contribution < -0.4 is 0 Å². The summed E-state index contributed by atoms with van der Waals surface area (Å²) >= 11 is 0. The van der Waals surface area contributed by atoms with Crippen molar-refractivity contribution in [3.05, 3.63) is 12.2 Å². The maximum Gasteiger partial charge on any atom is 0.303 e. The molecule has 108 valence electrons. The molecular weight excluding hydrogens is 244 g/mol. The van der Waals surface area contributed by atoms with Gasteiger partial charge in [0, 0.05) is 18.5 Å². The van der Waals surface area contributed by atoms with Crippen LogP contribution in [0.1, 0.15) is 52.4 Å². The molecule has 0 bridgehead atoms. The molecule has 0 amide bonds. The Hall–Kier alpha value is -1.43. The molecule has 0 aliphatic carbocycles. The van der Waals surface area contributed by atoms with Crippen molar-refractivity contribution in [2.45, 2.75) is 59.2 Å². The van der Waals surface area contributed by atoms with Crippen LogP contribution in [0.25, 0.3) is 0 Å². The summed E-state index contributed by atoms with van der Waals surface area (Å²) in [6.07, 6.45) is 2.44. The van der Waals surface area contributed by atoms with Crippen molar-refractivity contribution >= 4 is 5.97 Å². The van der Waals surface area contributed by atoms with Crippen LogP contribution in [0.2, 0.25) is 0 Å². The normalized spacial score (nSPS) is 11.7. The average Bonchev–Trinajstić information content (AvgIpc) is 2.75. The Balaban J connectivity index is 2.62. The number of hydrogen-bond donors (Lipinski definition) is 1. The zero-order chi connectivity index (χ0) is 14.4. The summed E-state index contributed by atoms with van der Waals surface area (Å²) in [5.41, 5.74) is 0. The van der Waals surface area contributed by atoms with Crippen LogP contribution >= 0.6 is 0 Å². The lowest BCUT2D eigenvalue weighted by atomic mass is 10.2. The van der Waals surface area contributed by atoms with Crippen LogP contribution in [0.5, 0.6) is 0 Å². The number of nitrogens with zero attached hydrogens (tertiary/aromatic N) is 4. The van der Waals surface area contributed by atoms with E-state index in [1.165, 1.54) is 0 Å². The van der Waals surface area contributed by atoms with Gasteiger partial charge in [0.2, 0.25) is 0 Å². The lowest BCUT2D eigenvalue weighted by Crippen LogP contribution is -2.33. The molecule has 0 spiro atoms. The summed E-state index contributed by atoms with van der Waals surface area (Å²) < 4.78 is 1.91. The minimum absolute atomic E-state index is 0.208. The van der Waals surface area contributed by atoms with Crippen molar-refractivity contribution in [2.24, 2.45) is 0 Å². The molecule has 0 radical (unpaired) electrons. The van der Waals surface area contributed by atoms with E-state index in [2.05, 4.69) is 42.7 Å². The topological polar surface area (TPSA) is 71.2 Å². The van der Waals surface area contributed by atoms with Crippen molar-refractivity contribution in [1.82, 2.24) is 19.7 Å². The molecule has 1 N–H and O–H groups in total. The molecule has 6 nitrogen and oxygen atoms in total. The smallest absolute Gasteiger partial charge is 0.303 e. The van der Waals surface area contributed by atoms with E-state index in [1.54, 1.807) is 6.33 Å². The van der Waals surface area contributed by atoms with Gasteiger partial charge >= 0.3 is 5.97 Å². The Bertz CT molecular complexity index is 401. The lowest BCUT2D eigenvalue weighted by molar-refractivity contribution is -0.137. The summed E-state index contributed by atoms with van der Waals surface area (Å²) in [4.78, 5) is 17.1. The summed E-state index contributed by atoms with van der Waals surface area (Å²) in [7, 11) is 0. The SMILES string of the molecule is CC(C)N(CCCC(=O)O)Cc1ncnn1C(C)C. The second-order valence-electron chi connectivity index (χ2n) is 5.28. The first-order chi connectivity index (χ1) is 8.91. The van der Waals surface area contributed by atoms with Crippen molar-refractivity contribution in [3.63, 3.8) is 0 Å². The highest BCUT2D eigenvalue weighted by Gasteiger charge is 2.15. The van der Waals surface area contributed by atoms with E-state index in [4.69, 9.17) is 5.11 Å². The molecule has 1 aromatic rings. The van der Waals surface area contributed by atoms with Crippen LogP contribution in [0.15, 0.2) is 6.33 Å². The highest BCUT2D eigenvalue weighted by Crippen LogP contribution is 2.11. The third kappa shape index (κ3) is 4.98. The van der Waals surface area contributed by atoms with Crippen LogP contribution in [0.3, 0.4) is 0 Å². The first-order valence-corrected chi connectivity index (χ1v) is 6.76. The van der Waals surface area contributed by atoms with Crippen molar-refractivity contribution in [2.75, 3.05) is 6.54 Å². The highest BCUT2D eigenvalue weighted by atomic mass is 16.4. The molecule has 0 fully saturated rings. The summed E-state index contributed by atoms with van der Waals surface area (Å²) in [6, 6.07) is 0.636. The van der Waals surface area contributed by atoms with Crippen LogP contribution in [0, 0.1) is 0 Å². The summed E-state index contributed by atoms with van der Waals surface area (Å²) in [5, 5.41) is 12.9. The number of aliphatic carboxylic acids is 1. The van der Waals surface area contributed by atoms with Crippen molar-refractivity contribution < 1.29 is 9.90 Å². The number of carboxylic acids is 1. The molecule has 0 unspecified atom stereocenters. The molecule has 1 rings (SSSR count). The summed E-state index contributed by atoms with van der Waals surface area (Å²) in [6.45, 7) is 9.82. The van der Waals surface area contributed by atoms with Gasteiger partial charge in [0.05, 0.1) is 6.54 Å². The second-order valence-corrected chi connectivity index (χ2v) is 5.28. The molecule has 19 heavy (non-hydrogen) atoms. The van der Waals surface area contributed by atoms with Crippen molar-refractivity contribution in [1.29, 1.82) is 0 Å². The van der Waals surface area contributed by atoms with E-state index >= 15 is 0 Å². The molecule has 0 aliphatic rings. The average molecular weight is 268 g/mol. The number of carboxylic acid groups (broad SMARTS) is 1. The first-order valence-electron chi connectivity index (χ1n) is 6.76. The lowest BCUT2D eigenvalue weighted by Gasteiger charge is -2.26. The van der Waals surface area contributed by atoms with Crippen LogP contribution in [-0.4, -0.2) is 43.3 Å². The molecular formula is C13H24N4O2. The monoisotopic (exact) mass is 268 g/mol. The number of aromatic nitrogens is 3. The quantitative estimate of drug-likeness (QED) is 0.780. The third-order valence-electron chi connectivity index (χ3n) is 3.05. The predicted octanol–water partition coefficient (Wildman–Crippen LogP) is 1.93. The third-order valence-corrected chi connectivity index (χ3v) is 3.05. The van der Waals surface area contributed by atoms with Gasteiger partial charge in [0.15, 0.2) is 0 Å². The van der Waals surface area contributed by atoms with E-state index in [0.29, 0.717) is 19.0 Å². The van der Waals surface area contributed by atoms with Gasteiger partial charge in [-0.2, -0.15) is 5.10 Å². The van der Waals surface area contributed by atoms with Gasteiger partial charge in [-0.1, -0.05) is 0 Å². The Morgan fingerprint density at radius 3 is 2.63 bits per heavy atom. The predicted molar refractivity (Wildman–Crippen MR) is 72.8 cm³/mol. The minimum Gasteiger partial charge on any atom is -0.481 e. The fourth-order valence-electron chi connectivity index (χ4n) is 1.95. The van der Waals surface area contributed by atoms with Gasteiger partial charge < -0.3 is 5.11 Å². The first kappa shape index (κ1) is 15.6. The zero-order valence-electron chi connectivity index (χ0n) is 12.2. The molecule has 1 aromatic heterocycles. The maximum atomic E-state index is 10.6. The second kappa shape index (κ2) is 7.23. The number of hydrogen-bond acceptors (Lipinski definition) is 4. The number of carbonyl (C=O) groups is 1. The Labute approximate surface area is 114 Å². The van der Waals surface area contributed by atoms with Gasteiger partial charge in [0.1, 0.15) is 12.2 Å². The number of rotatable bonds is 8. The van der Waals surface area contributed by atoms with Gasteiger partial charge in [-0.05, 0) is 40.7 Å². The van der Waals surface area contributed by atoms with E-state index < -0.39 is 5.97 Å².